The molecule has 0 radical (unpaired) electrons. The molecule has 1 aliphatic heterocycles. The summed E-state index contributed by atoms with van der Waals surface area (Å²) in [6, 6.07) is 18.7. The van der Waals surface area contributed by atoms with Crippen molar-refractivity contribution in [2.45, 2.75) is 51.3 Å². The quantitative estimate of drug-likeness (QED) is 0.223. The number of piperidine rings is 1. The van der Waals surface area contributed by atoms with Crippen molar-refractivity contribution in [3.63, 3.8) is 0 Å². The zero-order chi connectivity index (χ0) is 30.5. The molecule has 4 aromatic rings. The van der Waals surface area contributed by atoms with Crippen LogP contribution >= 0.6 is 0 Å². The maximum atomic E-state index is 13.9. The number of aromatic amines is 1. The van der Waals surface area contributed by atoms with Crippen LogP contribution in [0, 0.1) is 12.7 Å². The minimum absolute atomic E-state index is 0.0725. The van der Waals surface area contributed by atoms with Crippen LogP contribution in [0.3, 0.4) is 0 Å². The van der Waals surface area contributed by atoms with E-state index in [-0.39, 0.29) is 29.8 Å². The smallest absolute Gasteiger partial charge is 0.318 e. The molecule has 3 amide bonds. The van der Waals surface area contributed by atoms with E-state index in [4.69, 9.17) is 4.74 Å². The molecule has 3 aromatic carbocycles. The Labute approximate surface area is 252 Å². The molecule has 0 aliphatic carbocycles. The fourth-order valence-corrected chi connectivity index (χ4v) is 5.65. The molecular weight excluding hydrogens is 545 g/mol. The van der Waals surface area contributed by atoms with Gasteiger partial charge in [0.05, 0.1) is 0 Å². The lowest BCUT2D eigenvalue weighted by Crippen LogP contribution is -2.53. The molecule has 0 bridgehead atoms. The van der Waals surface area contributed by atoms with Crippen LogP contribution in [0.2, 0.25) is 0 Å². The van der Waals surface area contributed by atoms with E-state index in [1.165, 1.54) is 12.1 Å². The molecule has 2 atom stereocenters. The molecule has 1 fully saturated rings. The second kappa shape index (κ2) is 13.3. The highest BCUT2D eigenvalue weighted by Crippen LogP contribution is 2.29. The molecule has 5 rings (SSSR count). The van der Waals surface area contributed by atoms with Gasteiger partial charge >= 0.3 is 6.03 Å². The zero-order valence-electron chi connectivity index (χ0n) is 25.2. The standard InChI is InChI=1S/C34H40FN5O3/c1-22-9-12-26(19-24(22)21-39(3)4)37-33(41)32(23(2)30-20-36-31-8-6-5-7-29(30)31)38-34(42)40-17-15-28(16-18-40)43-27-13-10-25(35)11-14-27/h5-14,19-20,23,28,32,36H,15-18,21H2,1-4H3,(H,37,41)(H,38,42)/t23-,32+/m0/s1. The third kappa shape index (κ3) is 7.35. The highest BCUT2D eigenvalue weighted by molar-refractivity contribution is 5.98. The zero-order valence-corrected chi connectivity index (χ0v) is 25.2. The van der Waals surface area contributed by atoms with E-state index in [1.807, 2.05) is 69.7 Å². The number of ether oxygens (including phenoxy) is 1. The SMILES string of the molecule is Cc1ccc(NC(=O)[C@H](NC(=O)N2CCC(Oc3ccc(F)cc3)CC2)[C@@H](C)c2c[nH]c3ccccc23)cc1CN(C)C. The van der Waals surface area contributed by atoms with Gasteiger partial charge in [0.25, 0.3) is 0 Å². The van der Waals surface area contributed by atoms with Crippen LogP contribution in [-0.2, 0) is 11.3 Å². The molecule has 0 spiro atoms. The highest BCUT2D eigenvalue weighted by Gasteiger charge is 2.32. The number of amides is 3. The molecule has 3 N–H and O–H groups in total. The van der Waals surface area contributed by atoms with Crippen LogP contribution in [0.5, 0.6) is 5.75 Å². The molecule has 0 unspecified atom stereocenters. The summed E-state index contributed by atoms with van der Waals surface area (Å²) in [6.07, 6.45) is 3.12. The van der Waals surface area contributed by atoms with Gasteiger partial charge in [0.1, 0.15) is 23.7 Å². The number of para-hydroxylation sites is 1. The summed E-state index contributed by atoms with van der Waals surface area (Å²) in [7, 11) is 4.02. The van der Waals surface area contributed by atoms with Gasteiger partial charge in [-0.2, -0.15) is 0 Å². The maximum Gasteiger partial charge on any atom is 0.318 e. The predicted octanol–water partition coefficient (Wildman–Crippen LogP) is 6.04. The monoisotopic (exact) mass is 585 g/mol. The van der Waals surface area contributed by atoms with Gasteiger partial charge in [-0.05, 0) is 80.2 Å². The fraction of sp³-hybridized carbons (Fsp3) is 0.353. The number of urea groups is 1. The van der Waals surface area contributed by atoms with E-state index in [2.05, 4.69) is 27.4 Å². The van der Waals surface area contributed by atoms with Crippen molar-refractivity contribution < 1.29 is 18.7 Å². The van der Waals surface area contributed by atoms with Crippen molar-refractivity contribution in [3.8, 4) is 5.75 Å². The third-order valence-corrected chi connectivity index (χ3v) is 8.12. The number of aromatic nitrogens is 1. The molecule has 226 valence electrons. The Balaban J connectivity index is 1.31. The van der Waals surface area contributed by atoms with E-state index in [9.17, 15) is 14.0 Å². The topological polar surface area (TPSA) is 89.7 Å². The second-order valence-corrected chi connectivity index (χ2v) is 11.6. The molecule has 1 saturated heterocycles. The average molecular weight is 586 g/mol. The van der Waals surface area contributed by atoms with E-state index < -0.39 is 6.04 Å². The van der Waals surface area contributed by atoms with Gasteiger partial charge in [-0.1, -0.05) is 31.2 Å². The molecule has 0 saturated carbocycles. The number of hydrogen-bond acceptors (Lipinski definition) is 4. The number of nitrogens with zero attached hydrogens (tertiary/aromatic N) is 2. The molecule has 9 heteroatoms. The number of halogens is 1. The summed E-state index contributed by atoms with van der Waals surface area (Å²) in [6.45, 7) is 5.75. The normalized spacial score (nSPS) is 15.3. The van der Waals surface area contributed by atoms with Gasteiger partial charge in [0, 0.05) is 61.2 Å². The van der Waals surface area contributed by atoms with Gasteiger partial charge in [0.2, 0.25) is 5.91 Å². The number of nitrogens with one attached hydrogen (secondary N) is 3. The Hall–Kier alpha value is -4.37. The van der Waals surface area contributed by atoms with Crippen LogP contribution in [0.4, 0.5) is 14.9 Å². The van der Waals surface area contributed by atoms with E-state index >= 15 is 0 Å². The van der Waals surface area contributed by atoms with Crippen molar-refractivity contribution in [1.82, 2.24) is 20.1 Å². The second-order valence-electron chi connectivity index (χ2n) is 11.6. The fourth-order valence-electron chi connectivity index (χ4n) is 5.65. The van der Waals surface area contributed by atoms with Gasteiger partial charge < -0.3 is 30.2 Å². The lowest BCUT2D eigenvalue weighted by molar-refractivity contribution is -0.118. The van der Waals surface area contributed by atoms with Crippen molar-refractivity contribution in [1.29, 1.82) is 0 Å². The predicted molar refractivity (Wildman–Crippen MR) is 168 cm³/mol. The number of hydrogen-bond donors (Lipinski definition) is 3. The molecule has 43 heavy (non-hydrogen) atoms. The summed E-state index contributed by atoms with van der Waals surface area (Å²) in [5.74, 6) is -0.291. The molecule has 1 aromatic heterocycles. The lowest BCUT2D eigenvalue weighted by atomic mass is 9.92. The summed E-state index contributed by atoms with van der Waals surface area (Å²) in [5.41, 5.74) is 4.90. The van der Waals surface area contributed by atoms with E-state index in [0.29, 0.717) is 37.4 Å². The van der Waals surface area contributed by atoms with Crippen molar-refractivity contribution in [2.75, 3.05) is 32.5 Å². The molecule has 2 heterocycles. The minimum atomic E-state index is -0.821. The van der Waals surface area contributed by atoms with Crippen LogP contribution in [0.25, 0.3) is 10.9 Å². The van der Waals surface area contributed by atoms with E-state index in [1.54, 1.807) is 17.0 Å². The third-order valence-electron chi connectivity index (χ3n) is 8.12. The first-order valence-corrected chi connectivity index (χ1v) is 14.8. The Morgan fingerprint density at radius 1 is 1.07 bits per heavy atom. The summed E-state index contributed by atoms with van der Waals surface area (Å²) < 4.78 is 19.3. The number of benzene rings is 3. The highest BCUT2D eigenvalue weighted by atomic mass is 19.1. The van der Waals surface area contributed by atoms with Crippen LogP contribution in [0.15, 0.2) is 72.9 Å². The Bertz CT molecular complexity index is 1560. The first kappa shape index (κ1) is 30.1. The molecule has 1 aliphatic rings. The van der Waals surface area contributed by atoms with Crippen LogP contribution < -0.4 is 15.4 Å². The number of fused-ring (bicyclic) bond motifs is 1. The first-order valence-electron chi connectivity index (χ1n) is 14.8. The number of likely N-dealkylation sites (tertiary alicyclic amines) is 1. The summed E-state index contributed by atoms with van der Waals surface area (Å²) in [4.78, 5) is 34.6. The van der Waals surface area contributed by atoms with Crippen LogP contribution in [-0.4, -0.2) is 66.1 Å². The number of anilines is 1. The largest absolute Gasteiger partial charge is 0.490 e. The molecule has 8 nitrogen and oxygen atoms in total. The van der Waals surface area contributed by atoms with Gasteiger partial charge in [-0.15, -0.1) is 0 Å². The average Bonchev–Trinajstić information content (AvgIpc) is 3.43. The van der Waals surface area contributed by atoms with Crippen LogP contribution in [0.1, 0.15) is 42.4 Å². The Kier molecular flexibility index (Phi) is 9.31. The maximum absolute atomic E-state index is 13.9. The van der Waals surface area contributed by atoms with Crippen molar-refractivity contribution >= 4 is 28.5 Å². The summed E-state index contributed by atoms with van der Waals surface area (Å²) >= 11 is 0. The van der Waals surface area contributed by atoms with Crippen molar-refractivity contribution in [3.05, 3.63) is 95.4 Å². The Morgan fingerprint density at radius 2 is 1.79 bits per heavy atom. The van der Waals surface area contributed by atoms with Gasteiger partial charge in [-0.3, -0.25) is 4.79 Å². The first-order chi connectivity index (χ1) is 20.7. The summed E-state index contributed by atoms with van der Waals surface area (Å²) in [5, 5.41) is 7.15. The lowest BCUT2D eigenvalue weighted by Gasteiger charge is -2.34. The number of carbonyl (C=O) groups excluding carboxylic acids is 2. The number of aryl methyl sites for hydroxylation is 1. The minimum Gasteiger partial charge on any atom is -0.490 e. The Morgan fingerprint density at radius 3 is 2.51 bits per heavy atom. The number of H-pyrrole nitrogens is 1. The van der Waals surface area contributed by atoms with Crippen molar-refractivity contribution in [2.24, 2.45) is 0 Å². The van der Waals surface area contributed by atoms with E-state index in [0.717, 1.165) is 34.1 Å². The van der Waals surface area contributed by atoms with Gasteiger partial charge in [0.15, 0.2) is 0 Å². The number of rotatable bonds is 9. The van der Waals surface area contributed by atoms with Gasteiger partial charge in [-0.25, -0.2) is 9.18 Å². The number of carbonyl (C=O) groups is 2. The molecular formula is C34H40FN5O3.